The summed E-state index contributed by atoms with van der Waals surface area (Å²) in [5, 5.41) is 10.8. The Morgan fingerprint density at radius 1 is 1.47 bits per heavy atom. The quantitative estimate of drug-likeness (QED) is 0.339. The molecule has 0 aliphatic rings. The number of benzene rings is 1. The molecule has 1 aromatic carbocycles. The van der Waals surface area contributed by atoms with Crippen LogP contribution in [0.2, 0.25) is 0 Å². The summed E-state index contributed by atoms with van der Waals surface area (Å²) < 4.78 is 0. The Balaban J connectivity index is 2.86. The standard InChI is InChI=1S/C12H18N4O/c1-2-3-6-16-8-4-5-10(13)9(7-8)11(14)12(15)17/h4-5,7,14,16H,2-3,6,13H2,1H3,(H2,15,17). The molecule has 0 unspecified atom stereocenters. The first-order valence-corrected chi connectivity index (χ1v) is 5.58. The zero-order chi connectivity index (χ0) is 12.8. The average molecular weight is 234 g/mol. The molecule has 1 amide bonds. The molecule has 5 heteroatoms. The van der Waals surface area contributed by atoms with Crippen molar-refractivity contribution < 1.29 is 4.79 Å². The van der Waals surface area contributed by atoms with Crippen LogP contribution in [0, 0.1) is 5.41 Å². The molecule has 0 aliphatic heterocycles. The van der Waals surface area contributed by atoms with Crippen LogP contribution in [0.1, 0.15) is 25.3 Å². The minimum atomic E-state index is -0.776. The van der Waals surface area contributed by atoms with Gasteiger partial charge in [0.25, 0.3) is 5.91 Å². The Labute approximate surface area is 101 Å². The summed E-state index contributed by atoms with van der Waals surface area (Å²) in [5.41, 5.74) is 12.1. The highest BCUT2D eigenvalue weighted by Gasteiger charge is 2.11. The largest absolute Gasteiger partial charge is 0.398 e. The van der Waals surface area contributed by atoms with Crippen molar-refractivity contribution in [3.05, 3.63) is 23.8 Å². The Morgan fingerprint density at radius 3 is 2.76 bits per heavy atom. The fraction of sp³-hybridized carbons (Fsp3) is 0.333. The summed E-state index contributed by atoms with van der Waals surface area (Å²) >= 11 is 0. The van der Waals surface area contributed by atoms with Crippen LogP contribution in [-0.4, -0.2) is 18.2 Å². The Kier molecular flexibility index (Phi) is 4.51. The van der Waals surface area contributed by atoms with Crippen molar-refractivity contribution in [2.45, 2.75) is 19.8 Å². The van der Waals surface area contributed by atoms with Crippen LogP contribution < -0.4 is 16.8 Å². The van der Waals surface area contributed by atoms with Crippen LogP contribution in [0.25, 0.3) is 0 Å². The Morgan fingerprint density at radius 2 is 2.18 bits per heavy atom. The molecule has 0 saturated heterocycles. The lowest BCUT2D eigenvalue weighted by Crippen LogP contribution is -2.24. The summed E-state index contributed by atoms with van der Waals surface area (Å²) in [5.74, 6) is -0.776. The minimum absolute atomic E-state index is 0.262. The van der Waals surface area contributed by atoms with Crippen molar-refractivity contribution >= 4 is 23.0 Å². The zero-order valence-electron chi connectivity index (χ0n) is 9.92. The number of hydrogen-bond donors (Lipinski definition) is 4. The van der Waals surface area contributed by atoms with E-state index in [1.165, 1.54) is 0 Å². The zero-order valence-corrected chi connectivity index (χ0v) is 9.92. The number of carbonyl (C=O) groups is 1. The highest BCUT2D eigenvalue weighted by atomic mass is 16.1. The number of nitrogens with two attached hydrogens (primary N) is 2. The first-order valence-electron chi connectivity index (χ1n) is 5.58. The maximum Gasteiger partial charge on any atom is 0.267 e. The molecule has 0 saturated carbocycles. The second-order valence-corrected chi connectivity index (χ2v) is 3.82. The second-order valence-electron chi connectivity index (χ2n) is 3.82. The number of rotatable bonds is 6. The molecule has 1 rings (SSSR count). The highest BCUT2D eigenvalue weighted by molar-refractivity contribution is 6.44. The molecule has 0 bridgehead atoms. The van der Waals surface area contributed by atoms with E-state index in [4.69, 9.17) is 16.9 Å². The normalized spacial score (nSPS) is 9.94. The molecule has 0 spiro atoms. The predicted octanol–water partition coefficient (Wildman–Crippen LogP) is 1.33. The molecule has 0 fully saturated rings. The van der Waals surface area contributed by atoms with E-state index in [0.29, 0.717) is 11.3 Å². The number of nitrogens with one attached hydrogen (secondary N) is 2. The van der Waals surface area contributed by atoms with Gasteiger partial charge in [-0.3, -0.25) is 10.2 Å². The van der Waals surface area contributed by atoms with Gasteiger partial charge in [-0.15, -0.1) is 0 Å². The number of primary amides is 1. The van der Waals surface area contributed by atoms with Crippen LogP contribution in [0.5, 0.6) is 0 Å². The molecule has 92 valence electrons. The number of carbonyl (C=O) groups excluding carboxylic acids is 1. The molecule has 5 nitrogen and oxygen atoms in total. The summed E-state index contributed by atoms with van der Waals surface area (Å²) in [4.78, 5) is 10.9. The summed E-state index contributed by atoms with van der Waals surface area (Å²) in [6.45, 7) is 2.96. The monoisotopic (exact) mass is 234 g/mol. The van der Waals surface area contributed by atoms with Gasteiger partial charge < -0.3 is 16.8 Å². The van der Waals surface area contributed by atoms with E-state index in [1.807, 2.05) is 6.07 Å². The molecule has 6 N–H and O–H groups in total. The molecule has 17 heavy (non-hydrogen) atoms. The molecule has 0 radical (unpaired) electrons. The van der Waals surface area contributed by atoms with Gasteiger partial charge in [-0.2, -0.15) is 0 Å². The summed E-state index contributed by atoms with van der Waals surface area (Å²) in [6, 6.07) is 5.17. The average Bonchev–Trinajstić information content (AvgIpc) is 2.30. The lowest BCUT2D eigenvalue weighted by atomic mass is 10.1. The van der Waals surface area contributed by atoms with Crippen LogP contribution in [0.3, 0.4) is 0 Å². The third kappa shape index (κ3) is 3.48. The van der Waals surface area contributed by atoms with E-state index < -0.39 is 5.91 Å². The van der Waals surface area contributed by atoms with Gasteiger partial charge in [-0.1, -0.05) is 13.3 Å². The number of unbranched alkanes of at least 4 members (excludes halogenated alkanes) is 1. The number of amides is 1. The van der Waals surface area contributed by atoms with Gasteiger partial charge in [-0.05, 0) is 24.6 Å². The Hall–Kier alpha value is -2.04. The number of nitrogen functional groups attached to an aromatic ring is 1. The lowest BCUT2D eigenvalue weighted by Gasteiger charge is -2.10. The van der Waals surface area contributed by atoms with Crippen LogP contribution >= 0.6 is 0 Å². The third-order valence-electron chi connectivity index (χ3n) is 2.43. The van der Waals surface area contributed by atoms with Crippen LogP contribution in [0.4, 0.5) is 11.4 Å². The van der Waals surface area contributed by atoms with Gasteiger partial charge in [0.05, 0.1) is 0 Å². The van der Waals surface area contributed by atoms with Crippen molar-refractivity contribution in [2.24, 2.45) is 5.73 Å². The third-order valence-corrected chi connectivity index (χ3v) is 2.43. The fourth-order valence-corrected chi connectivity index (χ4v) is 1.42. The topological polar surface area (TPSA) is 105 Å². The van der Waals surface area contributed by atoms with Crippen LogP contribution in [-0.2, 0) is 4.79 Å². The molecule has 0 atom stereocenters. The van der Waals surface area contributed by atoms with Gasteiger partial charge in [0.2, 0.25) is 0 Å². The van der Waals surface area contributed by atoms with E-state index in [1.54, 1.807) is 12.1 Å². The molecular weight excluding hydrogens is 216 g/mol. The molecule has 0 heterocycles. The molecule has 0 aliphatic carbocycles. The van der Waals surface area contributed by atoms with E-state index >= 15 is 0 Å². The molecular formula is C12H18N4O. The Bertz CT molecular complexity index is 429. The number of anilines is 2. The minimum Gasteiger partial charge on any atom is -0.398 e. The SMILES string of the molecule is CCCCNc1ccc(N)c(C(=N)C(N)=O)c1. The molecule has 0 aromatic heterocycles. The predicted molar refractivity (Wildman–Crippen MR) is 70.3 cm³/mol. The van der Waals surface area contributed by atoms with Crippen LogP contribution in [0.15, 0.2) is 18.2 Å². The maximum absolute atomic E-state index is 10.9. The van der Waals surface area contributed by atoms with Gasteiger partial charge in [0, 0.05) is 23.5 Å². The van der Waals surface area contributed by atoms with E-state index in [-0.39, 0.29) is 5.71 Å². The smallest absolute Gasteiger partial charge is 0.267 e. The van der Waals surface area contributed by atoms with Crippen molar-refractivity contribution in [1.29, 1.82) is 5.41 Å². The van der Waals surface area contributed by atoms with E-state index in [9.17, 15) is 4.79 Å². The van der Waals surface area contributed by atoms with Gasteiger partial charge in [0.1, 0.15) is 5.71 Å². The van der Waals surface area contributed by atoms with Gasteiger partial charge in [0.15, 0.2) is 0 Å². The van der Waals surface area contributed by atoms with Crippen molar-refractivity contribution in [1.82, 2.24) is 0 Å². The van der Waals surface area contributed by atoms with E-state index in [2.05, 4.69) is 12.2 Å². The number of hydrogen-bond acceptors (Lipinski definition) is 4. The van der Waals surface area contributed by atoms with Crippen molar-refractivity contribution in [3.63, 3.8) is 0 Å². The molecule has 1 aromatic rings. The fourth-order valence-electron chi connectivity index (χ4n) is 1.42. The first-order chi connectivity index (χ1) is 8.06. The van der Waals surface area contributed by atoms with Gasteiger partial charge >= 0.3 is 0 Å². The highest BCUT2D eigenvalue weighted by Crippen LogP contribution is 2.18. The maximum atomic E-state index is 10.9. The van der Waals surface area contributed by atoms with Crippen molar-refractivity contribution in [2.75, 3.05) is 17.6 Å². The first kappa shape index (κ1) is 13.0. The van der Waals surface area contributed by atoms with E-state index in [0.717, 1.165) is 25.1 Å². The second kappa shape index (κ2) is 5.89. The van der Waals surface area contributed by atoms with Gasteiger partial charge in [-0.25, -0.2) is 0 Å². The summed E-state index contributed by atoms with van der Waals surface area (Å²) in [6.07, 6.45) is 2.17. The summed E-state index contributed by atoms with van der Waals surface area (Å²) in [7, 11) is 0. The lowest BCUT2D eigenvalue weighted by molar-refractivity contribution is -0.112. The van der Waals surface area contributed by atoms with Crippen molar-refractivity contribution in [3.8, 4) is 0 Å².